The molecule has 0 fully saturated rings. The molecule has 0 aliphatic carbocycles. The number of ketones is 1. The second-order valence-corrected chi connectivity index (χ2v) is 5.21. The predicted molar refractivity (Wildman–Crippen MR) is 82.7 cm³/mol. The molecule has 0 aliphatic heterocycles. The van der Waals surface area contributed by atoms with Crippen molar-refractivity contribution in [3.63, 3.8) is 0 Å². The minimum Gasteiger partial charge on any atom is -0.362 e. The molecule has 0 unspecified atom stereocenters. The maximum Gasteiger partial charge on any atom is 0.187 e. The highest BCUT2D eigenvalue weighted by Crippen LogP contribution is 2.15. The smallest absolute Gasteiger partial charge is 0.187 e. The molecule has 96 valence electrons. The molecule has 0 heterocycles. The SMILES string of the molecule is O=C(/C=C/Nc1cccc(Cl)c1)c1ccc(Br)cc1. The zero-order chi connectivity index (χ0) is 13.7. The Morgan fingerprint density at radius 2 is 1.89 bits per heavy atom. The van der Waals surface area contributed by atoms with E-state index >= 15 is 0 Å². The van der Waals surface area contributed by atoms with E-state index in [4.69, 9.17) is 11.6 Å². The van der Waals surface area contributed by atoms with Gasteiger partial charge in [-0.3, -0.25) is 4.79 Å². The van der Waals surface area contributed by atoms with Crippen LogP contribution in [0.4, 0.5) is 5.69 Å². The molecule has 0 aliphatic rings. The van der Waals surface area contributed by atoms with Crippen molar-refractivity contribution in [2.45, 2.75) is 0 Å². The fourth-order valence-electron chi connectivity index (χ4n) is 1.50. The minimum absolute atomic E-state index is 0.0537. The van der Waals surface area contributed by atoms with E-state index in [9.17, 15) is 4.79 Å². The Hall–Kier alpha value is -1.58. The van der Waals surface area contributed by atoms with Gasteiger partial charge in [0.05, 0.1) is 0 Å². The van der Waals surface area contributed by atoms with Crippen LogP contribution in [-0.2, 0) is 0 Å². The lowest BCUT2D eigenvalue weighted by atomic mass is 10.1. The maximum absolute atomic E-state index is 11.8. The first kappa shape index (κ1) is 13.8. The highest BCUT2D eigenvalue weighted by atomic mass is 79.9. The zero-order valence-corrected chi connectivity index (χ0v) is 12.3. The van der Waals surface area contributed by atoms with Gasteiger partial charge < -0.3 is 5.32 Å². The van der Waals surface area contributed by atoms with Gasteiger partial charge in [0, 0.05) is 33.0 Å². The number of anilines is 1. The molecule has 0 saturated carbocycles. The fraction of sp³-hybridized carbons (Fsp3) is 0. The number of allylic oxidation sites excluding steroid dienone is 1. The van der Waals surface area contributed by atoms with Crippen LogP contribution < -0.4 is 5.32 Å². The normalized spacial score (nSPS) is 10.6. The van der Waals surface area contributed by atoms with Crippen molar-refractivity contribution in [2.24, 2.45) is 0 Å². The van der Waals surface area contributed by atoms with E-state index in [0.29, 0.717) is 10.6 Å². The molecule has 19 heavy (non-hydrogen) atoms. The average Bonchev–Trinajstić information content (AvgIpc) is 2.39. The summed E-state index contributed by atoms with van der Waals surface area (Å²) in [5.74, 6) is -0.0537. The molecule has 0 radical (unpaired) electrons. The molecule has 1 N–H and O–H groups in total. The molecule has 2 rings (SSSR count). The van der Waals surface area contributed by atoms with Gasteiger partial charge in [0.1, 0.15) is 0 Å². The maximum atomic E-state index is 11.8. The van der Waals surface area contributed by atoms with Crippen molar-refractivity contribution in [1.82, 2.24) is 0 Å². The summed E-state index contributed by atoms with van der Waals surface area (Å²) >= 11 is 9.19. The van der Waals surface area contributed by atoms with Crippen molar-refractivity contribution in [3.8, 4) is 0 Å². The molecule has 0 spiro atoms. The van der Waals surface area contributed by atoms with Crippen LogP contribution in [0.1, 0.15) is 10.4 Å². The van der Waals surface area contributed by atoms with Crippen LogP contribution in [0.15, 0.2) is 65.3 Å². The molecule has 4 heteroatoms. The Morgan fingerprint density at radius 1 is 1.16 bits per heavy atom. The van der Waals surface area contributed by atoms with Crippen molar-refractivity contribution in [2.75, 3.05) is 5.32 Å². The third kappa shape index (κ3) is 4.23. The fourth-order valence-corrected chi connectivity index (χ4v) is 1.96. The lowest BCUT2D eigenvalue weighted by Crippen LogP contribution is -1.95. The number of halogens is 2. The number of benzene rings is 2. The van der Waals surface area contributed by atoms with E-state index in [-0.39, 0.29) is 5.78 Å². The highest BCUT2D eigenvalue weighted by Gasteiger charge is 2.00. The summed E-state index contributed by atoms with van der Waals surface area (Å²) in [7, 11) is 0. The van der Waals surface area contributed by atoms with Crippen LogP contribution in [0.25, 0.3) is 0 Å². The Kier molecular flexibility index (Phi) is 4.77. The van der Waals surface area contributed by atoms with E-state index < -0.39 is 0 Å². The minimum atomic E-state index is -0.0537. The summed E-state index contributed by atoms with van der Waals surface area (Å²) in [6, 6.07) is 14.5. The van der Waals surface area contributed by atoms with E-state index in [1.807, 2.05) is 24.3 Å². The third-order valence-electron chi connectivity index (χ3n) is 2.44. The van der Waals surface area contributed by atoms with Gasteiger partial charge in [-0.15, -0.1) is 0 Å². The van der Waals surface area contributed by atoms with Gasteiger partial charge in [-0.05, 0) is 42.5 Å². The Morgan fingerprint density at radius 3 is 2.58 bits per heavy atom. The lowest BCUT2D eigenvalue weighted by Gasteiger charge is -2.00. The first-order valence-corrected chi connectivity index (χ1v) is 6.81. The molecular weight excluding hydrogens is 326 g/mol. The Balaban J connectivity index is 1.99. The van der Waals surface area contributed by atoms with Gasteiger partial charge in [0.25, 0.3) is 0 Å². The molecule has 2 aromatic rings. The Labute approximate surface area is 125 Å². The van der Waals surface area contributed by atoms with Gasteiger partial charge in [-0.1, -0.05) is 33.6 Å². The number of carbonyl (C=O) groups is 1. The standard InChI is InChI=1S/C15H11BrClNO/c16-12-6-4-11(5-7-12)15(19)8-9-18-14-3-1-2-13(17)10-14/h1-10,18H/b9-8+. The summed E-state index contributed by atoms with van der Waals surface area (Å²) < 4.78 is 0.949. The average molecular weight is 337 g/mol. The van der Waals surface area contributed by atoms with Gasteiger partial charge in [0.2, 0.25) is 0 Å². The second-order valence-electron chi connectivity index (χ2n) is 3.86. The number of carbonyl (C=O) groups excluding carboxylic acids is 1. The van der Waals surface area contributed by atoms with Gasteiger partial charge in [-0.25, -0.2) is 0 Å². The predicted octanol–water partition coefficient (Wildman–Crippen LogP) is 4.91. The van der Waals surface area contributed by atoms with Crippen LogP contribution >= 0.6 is 27.5 Å². The number of hydrogen-bond donors (Lipinski definition) is 1. The molecule has 0 atom stereocenters. The summed E-state index contributed by atoms with van der Waals surface area (Å²) in [4.78, 5) is 11.8. The number of nitrogens with one attached hydrogen (secondary N) is 1. The first-order chi connectivity index (χ1) is 9.15. The van der Waals surface area contributed by atoms with E-state index in [2.05, 4.69) is 21.2 Å². The molecule has 0 amide bonds. The first-order valence-electron chi connectivity index (χ1n) is 5.64. The third-order valence-corrected chi connectivity index (χ3v) is 3.20. The molecular formula is C15H11BrClNO. The van der Waals surface area contributed by atoms with Gasteiger partial charge >= 0.3 is 0 Å². The highest BCUT2D eigenvalue weighted by molar-refractivity contribution is 9.10. The zero-order valence-electron chi connectivity index (χ0n) is 9.94. The largest absolute Gasteiger partial charge is 0.362 e. The van der Waals surface area contributed by atoms with Crippen LogP contribution in [0.3, 0.4) is 0 Å². The summed E-state index contributed by atoms with van der Waals surface area (Å²) in [6.07, 6.45) is 3.10. The van der Waals surface area contributed by atoms with E-state index in [1.165, 1.54) is 6.08 Å². The second kappa shape index (κ2) is 6.55. The molecule has 2 nitrogen and oxygen atoms in total. The molecule has 0 bridgehead atoms. The molecule has 0 saturated heterocycles. The summed E-state index contributed by atoms with van der Waals surface area (Å²) in [6.45, 7) is 0. The van der Waals surface area contributed by atoms with E-state index in [1.54, 1.807) is 30.5 Å². The van der Waals surface area contributed by atoms with Crippen LogP contribution in [0, 0.1) is 0 Å². The van der Waals surface area contributed by atoms with Crippen LogP contribution in [-0.4, -0.2) is 5.78 Å². The molecule has 0 aromatic heterocycles. The van der Waals surface area contributed by atoms with Gasteiger partial charge in [0.15, 0.2) is 5.78 Å². The van der Waals surface area contributed by atoms with Crippen LogP contribution in [0.2, 0.25) is 5.02 Å². The van der Waals surface area contributed by atoms with Crippen molar-refractivity contribution in [1.29, 1.82) is 0 Å². The topological polar surface area (TPSA) is 29.1 Å². The monoisotopic (exact) mass is 335 g/mol. The number of rotatable bonds is 4. The number of hydrogen-bond acceptors (Lipinski definition) is 2. The Bertz CT molecular complexity index is 608. The lowest BCUT2D eigenvalue weighted by molar-refractivity contribution is 0.104. The van der Waals surface area contributed by atoms with Crippen LogP contribution in [0.5, 0.6) is 0 Å². The summed E-state index contributed by atoms with van der Waals surface area (Å²) in [5.41, 5.74) is 1.49. The summed E-state index contributed by atoms with van der Waals surface area (Å²) in [5, 5.41) is 3.65. The van der Waals surface area contributed by atoms with Crippen molar-refractivity contribution < 1.29 is 4.79 Å². The van der Waals surface area contributed by atoms with E-state index in [0.717, 1.165) is 10.2 Å². The molecule has 2 aromatic carbocycles. The van der Waals surface area contributed by atoms with Gasteiger partial charge in [-0.2, -0.15) is 0 Å². The van der Waals surface area contributed by atoms with Crippen molar-refractivity contribution in [3.05, 3.63) is 75.9 Å². The quantitative estimate of drug-likeness (QED) is 0.635. The van der Waals surface area contributed by atoms with Crippen molar-refractivity contribution >= 4 is 39.0 Å².